The van der Waals surface area contributed by atoms with E-state index in [-0.39, 0.29) is 24.9 Å². The number of esters is 1. The molecule has 0 bridgehead atoms. The van der Waals surface area contributed by atoms with E-state index >= 15 is 0 Å². The normalized spacial score (nSPS) is 27.1. The van der Waals surface area contributed by atoms with Gasteiger partial charge < -0.3 is 24.7 Å². The highest BCUT2D eigenvalue weighted by molar-refractivity contribution is 6.32. The van der Waals surface area contributed by atoms with Crippen LogP contribution in [0.2, 0.25) is 5.02 Å². The molecule has 2 aliphatic heterocycles. The van der Waals surface area contributed by atoms with Gasteiger partial charge in [0.2, 0.25) is 0 Å². The van der Waals surface area contributed by atoms with Gasteiger partial charge in [-0.3, -0.25) is 0 Å². The zero-order chi connectivity index (χ0) is 18.1. The van der Waals surface area contributed by atoms with Crippen molar-refractivity contribution in [2.24, 2.45) is 0 Å². The molecule has 2 heterocycles. The summed E-state index contributed by atoms with van der Waals surface area (Å²) in [4.78, 5) is 12.2. The van der Waals surface area contributed by atoms with Gasteiger partial charge in [0, 0.05) is 5.69 Å². The van der Waals surface area contributed by atoms with Crippen LogP contribution in [-0.4, -0.2) is 43.6 Å². The summed E-state index contributed by atoms with van der Waals surface area (Å²) in [6.45, 7) is 0.596. The molecule has 4 rings (SSSR count). The minimum atomic E-state index is -0.469. The Kier molecular flexibility index (Phi) is 4.72. The maximum absolute atomic E-state index is 12.2. The molecule has 0 spiro atoms. The Bertz CT molecular complexity index is 800. The second-order valence-electron chi connectivity index (χ2n) is 6.25. The van der Waals surface area contributed by atoms with Crippen molar-refractivity contribution >= 4 is 23.3 Å². The topological polar surface area (TPSA) is 80.0 Å². The molecule has 0 saturated carbocycles. The van der Waals surface area contributed by atoms with E-state index in [1.165, 1.54) is 0 Å². The van der Waals surface area contributed by atoms with Gasteiger partial charge in [-0.1, -0.05) is 29.8 Å². The third kappa shape index (κ3) is 3.35. The van der Waals surface area contributed by atoms with Gasteiger partial charge in [0.25, 0.3) is 0 Å². The Balaban J connectivity index is 1.40. The summed E-state index contributed by atoms with van der Waals surface area (Å²) in [7, 11) is 0. The van der Waals surface area contributed by atoms with E-state index in [0.29, 0.717) is 28.6 Å². The molecule has 2 aliphatic rings. The van der Waals surface area contributed by atoms with Gasteiger partial charge in [-0.15, -0.1) is 0 Å². The van der Waals surface area contributed by atoms with Crippen LogP contribution in [0.3, 0.4) is 0 Å². The number of carbonyl (C=O) groups excluding carboxylic acids is 1. The van der Waals surface area contributed by atoms with E-state index in [1.807, 2.05) is 6.07 Å². The molecular weight excluding hydrogens is 358 g/mol. The zero-order valence-corrected chi connectivity index (χ0v) is 14.6. The summed E-state index contributed by atoms with van der Waals surface area (Å²) in [5.74, 6) is 0.123. The van der Waals surface area contributed by atoms with Gasteiger partial charge in [-0.25, -0.2) is 4.79 Å². The Hall–Kier alpha value is -2.28. The number of halogens is 1. The molecule has 2 aromatic rings. The lowest BCUT2D eigenvalue weighted by Crippen LogP contribution is -2.36. The maximum atomic E-state index is 12.2. The van der Waals surface area contributed by atoms with Crippen LogP contribution < -0.4 is 10.5 Å². The number of nitrogens with two attached hydrogens (primary N) is 1. The third-order valence-corrected chi connectivity index (χ3v) is 4.76. The largest absolute Gasteiger partial charge is 0.484 e. The number of hydrogen-bond donors (Lipinski definition) is 1. The molecule has 0 aliphatic carbocycles. The fourth-order valence-electron chi connectivity index (χ4n) is 3.19. The highest BCUT2D eigenvalue weighted by Gasteiger charge is 2.50. The van der Waals surface area contributed by atoms with Gasteiger partial charge in [0.1, 0.15) is 18.0 Å². The van der Waals surface area contributed by atoms with Gasteiger partial charge in [0.15, 0.2) is 12.2 Å². The average Bonchev–Trinajstić information content (AvgIpc) is 3.22. The Labute approximate surface area is 155 Å². The van der Waals surface area contributed by atoms with Crippen molar-refractivity contribution in [2.75, 3.05) is 18.9 Å². The van der Waals surface area contributed by atoms with Crippen LogP contribution in [0.25, 0.3) is 0 Å². The number of hydrogen-bond acceptors (Lipinski definition) is 6. The highest BCUT2D eigenvalue weighted by Crippen LogP contribution is 2.34. The van der Waals surface area contributed by atoms with Crippen molar-refractivity contribution in [3.63, 3.8) is 0 Å². The van der Waals surface area contributed by atoms with Crippen molar-refractivity contribution in [1.29, 1.82) is 0 Å². The monoisotopic (exact) mass is 375 g/mol. The minimum Gasteiger partial charge on any atom is -0.484 e. The molecule has 26 heavy (non-hydrogen) atoms. The van der Waals surface area contributed by atoms with Crippen molar-refractivity contribution in [3.05, 3.63) is 59.1 Å². The SMILES string of the molecule is Nc1ccc(O[C@H]2CO[C@H]3[C@@H]2OC[C@@H]3OC(=O)c2ccccc2)c(Cl)c1. The number of benzene rings is 2. The van der Waals surface area contributed by atoms with Crippen LogP contribution in [0.5, 0.6) is 5.75 Å². The van der Waals surface area contributed by atoms with Gasteiger partial charge in [0.05, 0.1) is 23.8 Å². The van der Waals surface area contributed by atoms with Crippen molar-refractivity contribution in [2.45, 2.75) is 24.4 Å². The molecule has 0 aromatic heterocycles. The van der Waals surface area contributed by atoms with Gasteiger partial charge in [-0.2, -0.15) is 0 Å². The van der Waals surface area contributed by atoms with Crippen LogP contribution in [-0.2, 0) is 14.2 Å². The van der Waals surface area contributed by atoms with Crippen molar-refractivity contribution in [1.82, 2.24) is 0 Å². The van der Waals surface area contributed by atoms with Crippen LogP contribution in [0.1, 0.15) is 10.4 Å². The fraction of sp³-hybridized carbons (Fsp3) is 0.316. The first kappa shape index (κ1) is 17.1. The summed E-state index contributed by atoms with van der Waals surface area (Å²) in [5, 5.41) is 0.429. The molecule has 7 heteroatoms. The first-order valence-corrected chi connectivity index (χ1v) is 8.70. The summed E-state index contributed by atoms with van der Waals surface area (Å²) < 4.78 is 23.1. The number of ether oxygens (including phenoxy) is 4. The van der Waals surface area contributed by atoms with Gasteiger partial charge >= 0.3 is 5.97 Å². The van der Waals surface area contributed by atoms with E-state index in [9.17, 15) is 4.79 Å². The Morgan fingerprint density at radius 3 is 2.46 bits per heavy atom. The van der Waals surface area contributed by atoms with E-state index < -0.39 is 12.1 Å². The number of fused-ring (bicyclic) bond motifs is 1. The van der Waals surface area contributed by atoms with Crippen molar-refractivity contribution in [3.8, 4) is 5.75 Å². The molecular formula is C19H18ClNO5. The van der Waals surface area contributed by atoms with Crippen LogP contribution in [0, 0.1) is 0 Å². The molecule has 2 N–H and O–H groups in total. The van der Waals surface area contributed by atoms with Crippen LogP contribution >= 0.6 is 11.6 Å². The summed E-state index contributed by atoms with van der Waals surface area (Å²) in [6.07, 6.45) is -1.48. The second-order valence-corrected chi connectivity index (χ2v) is 6.66. The lowest BCUT2D eigenvalue weighted by atomic mass is 10.1. The molecule has 6 nitrogen and oxygen atoms in total. The van der Waals surface area contributed by atoms with E-state index in [0.717, 1.165) is 0 Å². The molecule has 0 amide bonds. The predicted molar refractivity (Wildman–Crippen MR) is 95.4 cm³/mol. The summed E-state index contributed by atoms with van der Waals surface area (Å²) in [5.41, 5.74) is 6.75. The molecule has 0 radical (unpaired) electrons. The lowest BCUT2D eigenvalue weighted by Gasteiger charge is -2.19. The number of carbonyl (C=O) groups is 1. The van der Waals surface area contributed by atoms with Crippen LogP contribution in [0.4, 0.5) is 5.69 Å². The lowest BCUT2D eigenvalue weighted by molar-refractivity contribution is -0.0190. The molecule has 2 aromatic carbocycles. The zero-order valence-electron chi connectivity index (χ0n) is 13.8. The summed E-state index contributed by atoms with van der Waals surface area (Å²) >= 11 is 6.16. The molecule has 136 valence electrons. The minimum absolute atomic E-state index is 0.267. The fourth-order valence-corrected chi connectivity index (χ4v) is 3.42. The molecule has 4 atom stereocenters. The van der Waals surface area contributed by atoms with Crippen molar-refractivity contribution < 1.29 is 23.7 Å². The predicted octanol–water partition coefficient (Wildman–Crippen LogP) is 2.69. The van der Waals surface area contributed by atoms with Gasteiger partial charge in [-0.05, 0) is 30.3 Å². The Morgan fingerprint density at radius 2 is 1.73 bits per heavy atom. The number of rotatable bonds is 4. The Morgan fingerprint density at radius 1 is 1.04 bits per heavy atom. The van der Waals surface area contributed by atoms with Crippen LogP contribution in [0.15, 0.2) is 48.5 Å². The van der Waals surface area contributed by atoms with E-state index in [1.54, 1.807) is 42.5 Å². The third-order valence-electron chi connectivity index (χ3n) is 4.46. The maximum Gasteiger partial charge on any atom is 0.338 e. The first-order valence-electron chi connectivity index (χ1n) is 8.33. The quantitative estimate of drug-likeness (QED) is 0.653. The standard InChI is InChI=1S/C19H18ClNO5/c20-13-8-12(21)6-7-14(13)25-15-9-23-18-16(10-24-17(15)18)26-19(22)11-4-2-1-3-5-11/h1-8,15-18H,9-10,21H2/t15-,16-,17+,18+/m0/s1. The highest BCUT2D eigenvalue weighted by atomic mass is 35.5. The second kappa shape index (κ2) is 7.15. The molecule has 2 fully saturated rings. The van der Waals surface area contributed by atoms with E-state index in [4.69, 9.17) is 36.3 Å². The smallest absolute Gasteiger partial charge is 0.338 e. The number of nitrogen functional groups attached to an aromatic ring is 1. The summed E-state index contributed by atoms with van der Waals surface area (Å²) in [6, 6.07) is 13.9. The molecule has 2 saturated heterocycles. The first-order chi connectivity index (χ1) is 12.6. The average molecular weight is 376 g/mol. The number of anilines is 1. The molecule has 0 unspecified atom stereocenters. The van der Waals surface area contributed by atoms with E-state index in [2.05, 4.69) is 0 Å².